The average Bonchev–Trinajstić information content (AvgIpc) is 3.22. The maximum Gasteiger partial charge on any atom is 0.270 e. The molecular formula is C14H12ClN3O3S2. The van der Waals surface area contributed by atoms with Gasteiger partial charge in [0.25, 0.3) is 5.91 Å². The van der Waals surface area contributed by atoms with E-state index in [9.17, 15) is 14.4 Å². The molecule has 1 N–H and O–H groups in total. The van der Waals surface area contributed by atoms with Gasteiger partial charge in [-0.25, -0.2) is 4.98 Å². The van der Waals surface area contributed by atoms with Gasteiger partial charge < -0.3 is 5.32 Å². The van der Waals surface area contributed by atoms with Crippen molar-refractivity contribution in [3.63, 3.8) is 0 Å². The fourth-order valence-corrected chi connectivity index (χ4v) is 4.08. The zero-order chi connectivity index (χ0) is 16.4. The van der Waals surface area contributed by atoms with Crippen LogP contribution in [-0.4, -0.2) is 40.7 Å². The predicted octanol–water partition coefficient (Wildman–Crippen LogP) is 2.40. The van der Waals surface area contributed by atoms with Crippen molar-refractivity contribution in [3.8, 4) is 9.88 Å². The van der Waals surface area contributed by atoms with Gasteiger partial charge in [0.2, 0.25) is 11.8 Å². The summed E-state index contributed by atoms with van der Waals surface area (Å²) in [5.41, 5.74) is 0.314. The Morgan fingerprint density at radius 3 is 2.70 bits per heavy atom. The van der Waals surface area contributed by atoms with E-state index in [1.54, 1.807) is 11.4 Å². The quantitative estimate of drug-likeness (QED) is 0.821. The Kier molecular flexibility index (Phi) is 4.74. The molecule has 1 aliphatic heterocycles. The van der Waals surface area contributed by atoms with Crippen LogP contribution in [0.25, 0.3) is 9.88 Å². The predicted molar refractivity (Wildman–Crippen MR) is 88.7 cm³/mol. The summed E-state index contributed by atoms with van der Waals surface area (Å²) in [5.74, 6) is -0.696. The maximum absolute atomic E-state index is 12.1. The monoisotopic (exact) mass is 369 g/mol. The molecule has 0 unspecified atom stereocenters. The number of nitrogens with zero attached hydrogens (tertiary/aromatic N) is 2. The Morgan fingerprint density at radius 1 is 1.30 bits per heavy atom. The first-order chi connectivity index (χ1) is 11.0. The molecule has 2 aromatic rings. The molecule has 3 amide bonds. The van der Waals surface area contributed by atoms with E-state index in [0.29, 0.717) is 10.0 Å². The molecule has 1 fully saturated rings. The van der Waals surface area contributed by atoms with E-state index in [4.69, 9.17) is 11.6 Å². The zero-order valence-electron chi connectivity index (χ0n) is 11.9. The van der Waals surface area contributed by atoms with Crippen molar-refractivity contribution in [1.82, 2.24) is 15.2 Å². The summed E-state index contributed by atoms with van der Waals surface area (Å²) >= 11 is 8.66. The maximum atomic E-state index is 12.1. The van der Waals surface area contributed by atoms with Crippen LogP contribution in [0.2, 0.25) is 4.34 Å². The highest BCUT2D eigenvalue weighted by atomic mass is 35.5. The number of hydrogen-bond donors (Lipinski definition) is 1. The molecule has 0 bridgehead atoms. The number of carbonyl (C=O) groups excluding carboxylic acids is 3. The Balaban J connectivity index is 1.56. The summed E-state index contributed by atoms with van der Waals surface area (Å²) in [6.07, 6.45) is 0.511. The molecule has 0 aliphatic carbocycles. The van der Waals surface area contributed by atoms with E-state index in [1.165, 1.54) is 27.6 Å². The summed E-state index contributed by atoms with van der Waals surface area (Å²) in [6, 6.07) is 3.64. The van der Waals surface area contributed by atoms with Gasteiger partial charge in [0, 0.05) is 31.3 Å². The van der Waals surface area contributed by atoms with Crippen molar-refractivity contribution in [2.24, 2.45) is 0 Å². The summed E-state index contributed by atoms with van der Waals surface area (Å²) < 4.78 is 0.668. The second-order valence-corrected chi connectivity index (χ2v) is 7.41. The van der Waals surface area contributed by atoms with Gasteiger partial charge in [0.1, 0.15) is 10.7 Å². The van der Waals surface area contributed by atoms with Gasteiger partial charge in [0.05, 0.1) is 9.21 Å². The molecule has 2 aromatic heterocycles. The van der Waals surface area contributed by atoms with Gasteiger partial charge in [-0.05, 0) is 12.1 Å². The molecule has 0 spiro atoms. The van der Waals surface area contributed by atoms with Gasteiger partial charge in [-0.3, -0.25) is 19.3 Å². The first-order valence-electron chi connectivity index (χ1n) is 6.87. The van der Waals surface area contributed by atoms with Crippen molar-refractivity contribution >= 4 is 52.0 Å². The summed E-state index contributed by atoms with van der Waals surface area (Å²) in [4.78, 5) is 41.4. The van der Waals surface area contributed by atoms with Crippen molar-refractivity contribution in [3.05, 3.63) is 27.5 Å². The molecule has 0 saturated carbocycles. The Bertz CT molecular complexity index is 755. The lowest BCUT2D eigenvalue weighted by molar-refractivity contribution is -0.138. The Hall–Kier alpha value is -1.77. The van der Waals surface area contributed by atoms with Crippen molar-refractivity contribution in [2.75, 3.05) is 13.1 Å². The lowest BCUT2D eigenvalue weighted by atomic mass is 10.4. The molecule has 1 saturated heterocycles. The number of rotatable bonds is 5. The van der Waals surface area contributed by atoms with Crippen LogP contribution in [0.1, 0.15) is 23.3 Å². The number of amides is 3. The first kappa shape index (κ1) is 16.1. The summed E-state index contributed by atoms with van der Waals surface area (Å²) in [6.45, 7) is 0.412. The minimum absolute atomic E-state index is 0.185. The Labute approximate surface area is 145 Å². The largest absolute Gasteiger partial charge is 0.349 e. The summed E-state index contributed by atoms with van der Waals surface area (Å²) in [5, 5.41) is 5.08. The highest BCUT2D eigenvalue weighted by Gasteiger charge is 2.28. The molecule has 0 atom stereocenters. The van der Waals surface area contributed by atoms with Crippen LogP contribution in [0.3, 0.4) is 0 Å². The third-order valence-electron chi connectivity index (χ3n) is 3.30. The molecular weight excluding hydrogens is 358 g/mol. The number of imide groups is 1. The molecule has 0 aromatic carbocycles. The van der Waals surface area contributed by atoms with Gasteiger partial charge in [-0.15, -0.1) is 22.7 Å². The second-order valence-electron chi connectivity index (χ2n) is 4.84. The molecule has 3 heterocycles. The van der Waals surface area contributed by atoms with Crippen molar-refractivity contribution in [1.29, 1.82) is 0 Å². The minimum atomic E-state index is -0.325. The van der Waals surface area contributed by atoms with Crippen LogP contribution >= 0.6 is 34.3 Å². The second kappa shape index (κ2) is 6.77. The van der Waals surface area contributed by atoms with Gasteiger partial charge in [-0.1, -0.05) is 11.6 Å². The molecule has 1 aliphatic rings. The minimum Gasteiger partial charge on any atom is -0.349 e. The van der Waals surface area contributed by atoms with E-state index in [2.05, 4.69) is 10.3 Å². The zero-order valence-corrected chi connectivity index (χ0v) is 14.3. The molecule has 23 heavy (non-hydrogen) atoms. The number of aromatic nitrogens is 1. The normalized spacial score (nSPS) is 14.6. The number of hydrogen-bond acceptors (Lipinski definition) is 6. The van der Waals surface area contributed by atoms with E-state index < -0.39 is 0 Å². The molecule has 9 heteroatoms. The van der Waals surface area contributed by atoms with E-state index >= 15 is 0 Å². The smallest absolute Gasteiger partial charge is 0.270 e. The van der Waals surface area contributed by atoms with Gasteiger partial charge in [0.15, 0.2) is 0 Å². The number of thiazole rings is 1. The Morgan fingerprint density at radius 2 is 2.04 bits per heavy atom. The molecule has 120 valence electrons. The van der Waals surface area contributed by atoms with E-state index in [0.717, 1.165) is 9.88 Å². The van der Waals surface area contributed by atoms with Crippen LogP contribution in [0.15, 0.2) is 17.5 Å². The average molecular weight is 370 g/mol. The van der Waals surface area contributed by atoms with Gasteiger partial charge in [-0.2, -0.15) is 0 Å². The van der Waals surface area contributed by atoms with Crippen molar-refractivity contribution < 1.29 is 14.4 Å². The van der Waals surface area contributed by atoms with Crippen LogP contribution in [0, 0.1) is 0 Å². The van der Waals surface area contributed by atoms with Gasteiger partial charge >= 0.3 is 0 Å². The third-order valence-corrected chi connectivity index (χ3v) is 5.54. The standard InChI is InChI=1S/C14H12ClN3O3S2/c15-10-2-1-9(23-10)14-17-8(7-22-14)13(21)16-5-6-18-11(19)3-4-12(18)20/h1-2,7H,3-6H2,(H,16,21). The third kappa shape index (κ3) is 3.60. The van der Waals surface area contributed by atoms with Crippen LogP contribution in [-0.2, 0) is 9.59 Å². The van der Waals surface area contributed by atoms with E-state index in [1.807, 2.05) is 6.07 Å². The number of likely N-dealkylation sites (tertiary alicyclic amines) is 1. The first-order valence-corrected chi connectivity index (χ1v) is 8.94. The van der Waals surface area contributed by atoms with Crippen LogP contribution in [0.5, 0.6) is 0 Å². The van der Waals surface area contributed by atoms with Crippen LogP contribution in [0.4, 0.5) is 0 Å². The number of halogens is 1. The molecule has 6 nitrogen and oxygen atoms in total. The number of carbonyl (C=O) groups is 3. The highest BCUT2D eigenvalue weighted by molar-refractivity contribution is 7.23. The molecule has 0 radical (unpaired) electrons. The van der Waals surface area contributed by atoms with E-state index in [-0.39, 0.29) is 43.7 Å². The highest BCUT2D eigenvalue weighted by Crippen LogP contribution is 2.32. The number of thiophene rings is 1. The summed E-state index contributed by atoms with van der Waals surface area (Å²) in [7, 11) is 0. The SMILES string of the molecule is O=C(NCCN1C(=O)CCC1=O)c1csc(-c2ccc(Cl)s2)n1. The topological polar surface area (TPSA) is 79.4 Å². The van der Waals surface area contributed by atoms with Crippen molar-refractivity contribution in [2.45, 2.75) is 12.8 Å². The fourth-order valence-electron chi connectivity index (χ4n) is 2.16. The lowest BCUT2D eigenvalue weighted by Gasteiger charge is -2.13. The number of nitrogens with one attached hydrogen (secondary N) is 1. The van der Waals surface area contributed by atoms with Crippen LogP contribution < -0.4 is 5.32 Å². The lowest BCUT2D eigenvalue weighted by Crippen LogP contribution is -2.37. The fraction of sp³-hybridized carbons (Fsp3) is 0.286. The molecule has 3 rings (SSSR count).